The summed E-state index contributed by atoms with van der Waals surface area (Å²) in [6.07, 6.45) is 1.67. The third-order valence-corrected chi connectivity index (χ3v) is 3.97. The predicted octanol–water partition coefficient (Wildman–Crippen LogP) is 2.50. The van der Waals surface area contributed by atoms with Crippen molar-refractivity contribution in [3.63, 3.8) is 0 Å². The maximum atomic E-state index is 9.34. The molecule has 1 fully saturated rings. The largest absolute Gasteiger partial charge is 0.496 e. The van der Waals surface area contributed by atoms with E-state index in [1.54, 1.807) is 6.08 Å². The molecule has 1 saturated heterocycles. The summed E-state index contributed by atoms with van der Waals surface area (Å²) < 4.78 is 12.0. The van der Waals surface area contributed by atoms with Crippen LogP contribution in [0.2, 0.25) is 0 Å². The Kier molecular flexibility index (Phi) is 3.30. The summed E-state index contributed by atoms with van der Waals surface area (Å²) in [5.74, 6) is 0. The predicted molar refractivity (Wildman–Crippen MR) is 77.0 cm³/mol. The summed E-state index contributed by atoms with van der Waals surface area (Å²) in [5.41, 5.74) is 1.31. The van der Waals surface area contributed by atoms with E-state index in [-0.39, 0.29) is 0 Å². The molecule has 0 aliphatic carbocycles. The van der Waals surface area contributed by atoms with E-state index in [1.165, 1.54) is 0 Å². The average molecular weight is 255 g/mol. The zero-order chi connectivity index (χ0) is 14.3. The van der Waals surface area contributed by atoms with Crippen LogP contribution in [-0.2, 0) is 9.31 Å². The number of benzene rings is 1. The van der Waals surface area contributed by atoms with E-state index in [2.05, 4.69) is 12.6 Å². The fourth-order valence-corrected chi connectivity index (χ4v) is 2.05. The smallest absolute Gasteiger partial charge is 0.399 e. The van der Waals surface area contributed by atoms with Gasteiger partial charge in [-0.05, 0) is 33.3 Å². The normalized spacial score (nSPS) is 20.1. The molecule has 0 bridgehead atoms. The van der Waals surface area contributed by atoms with Gasteiger partial charge in [-0.25, -0.2) is 0 Å². The molecular weight excluding hydrogens is 237 g/mol. The maximum absolute atomic E-state index is 9.34. The van der Waals surface area contributed by atoms with Gasteiger partial charge in [-0.3, -0.25) is 0 Å². The minimum absolute atomic E-state index is 0.408. The number of hydrogen-bond acceptors (Lipinski definition) is 3. The summed E-state index contributed by atoms with van der Waals surface area (Å²) in [6, 6.07) is 7.83. The Morgan fingerprint density at radius 1 is 1.21 bits per heavy atom. The van der Waals surface area contributed by atoms with Crippen LogP contribution in [0, 0.1) is 11.3 Å². The molecule has 2 rings (SSSR count). The highest BCUT2D eigenvalue weighted by Gasteiger charge is 2.52. The molecule has 98 valence electrons. The lowest BCUT2D eigenvalue weighted by Crippen LogP contribution is -2.41. The van der Waals surface area contributed by atoms with Crippen molar-refractivity contribution in [2.24, 2.45) is 0 Å². The van der Waals surface area contributed by atoms with Crippen molar-refractivity contribution < 1.29 is 9.31 Å². The highest BCUT2D eigenvalue weighted by Crippen LogP contribution is 2.36. The standard InChI is InChI=1S/C15H18BNO2/c1-6-11-8-7-9-13(12(11)10-17)16-18-14(2,3)15(4,5)19-16/h6-9H,1H2,2-5H3. The van der Waals surface area contributed by atoms with Gasteiger partial charge in [0.05, 0.1) is 22.8 Å². The molecule has 0 radical (unpaired) electrons. The highest BCUT2D eigenvalue weighted by atomic mass is 16.7. The first kappa shape index (κ1) is 13.9. The lowest BCUT2D eigenvalue weighted by atomic mass is 9.75. The van der Waals surface area contributed by atoms with Gasteiger partial charge in [-0.2, -0.15) is 5.26 Å². The lowest BCUT2D eigenvalue weighted by molar-refractivity contribution is 0.00578. The second-order valence-electron chi connectivity index (χ2n) is 5.72. The van der Waals surface area contributed by atoms with E-state index in [0.29, 0.717) is 5.56 Å². The van der Waals surface area contributed by atoms with E-state index in [4.69, 9.17) is 9.31 Å². The minimum atomic E-state index is -0.514. The van der Waals surface area contributed by atoms with Crippen LogP contribution in [0.3, 0.4) is 0 Å². The monoisotopic (exact) mass is 255 g/mol. The third-order valence-electron chi connectivity index (χ3n) is 3.97. The first-order valence-electron chi connectivity index (χ1n) is 6.33. The van der Waals surface area contributed by atoms with Crippen molar-refractivity contribution in [1.82, 2.24) is 0 Å². The zero-order valence-corrected chi connectivity index (χ0v) is 11.9. The molecule has 4 heteroatoms. The molecule has 0 unspecified atom stereocenters. The van der Waals surface area contributed by atoms with E-state index in [1.807, 2.05) is 45.9 Å². The maximum Gasteiger partial charge on any atom is 0.496 e. The molecule has 0 atom stereocenters. The first-order chi connectivity index (χ1) is 8.82. The molecule has 0 spiro atoms. The second-order valence-corrected chi connectivity index (χ2v) is 5.72. The average Bonchev–Trinajstić information content (AvgIpc) is 2.57. The van der Waals surface area contributed by atoms with Crippen LogP contribution in [0.1, 0.15) is 38.8 Å². The van der Waals surface area contributed by atoms with Crippen molar-refractivity contribution in [3.8, 4) is 6.07 Å². The van der Waals surface area contributed by atoms with Crippen LogP contribution in [0.5, 0.6) is 0 Å². The van der Waals surface area contributed by atoms with Crippen LogP contribution in [0.15, 0.2) is 24.8 Å². The van der Waals surface area contributed by atoms with Crippen molar-refractivity contribution in [3.05, 3.63) is 35.9 Å². The SMILES string of the molecule is C=Cc1cccc(B2OC(C)(C)C(C)(C)O2)c1C#N. The van der Waals surface area contributed by atoms with Gasteiger partial charge in [-0.1, -0.05) is 30.9 Å². The third kappa shape index (κ3) is 2.20. The van der Waals surface area contributed by atoms with Gasteiger partial charge >= 0.3 is 7.12 Å². The first-order valence-corrected chi connectivity index (χ1v) is 6.33. The Labute approximate surface area is 115 Å². The summed E-state index contributed by atoms with van der Waals surface area (Å²) in [7, 11) is -0.514. The molecule has 1 aromatic rings. The molecule has 1 aliphatic heterocycles. The van der Waals surface area contributed by atoms with Gasteiger partial charge in [0, 0.05) is 5.46 Å². The van der Waals surface area contributed by atoms with Gasteiger partial charge < -0.3 is 9.31 Å². The summed E-state index contributed by atoms with van der Waals surface area (Å²) in [5, 5.41) is 9.34. The molecule has 0 N–H and O–H groups in total. The second kappa shape index (κ2) is 4.52. The number of nitriles is 1. The lowest BCUT2D eigenvalue weighted by Gasteiger charge is -2.32. The van der Waals surface area contributed by atoms with E-state index in [9.17, 15) is 5.26 Å². The molecule has 3 nitrogen and oxygen atoms in total. The summed E-state index contributed by atoms with van der Waals surface area (Å²) in [4.78, 5) is 0. The molecule has 0 amide bonds. The van der Waals surface area contributed by atoms with Gasteiger partial charge in [-0.15, -0.1) is 0 Å². The Morgan fingerprint density at radius 3 is 2.26 bits per heavy atom. The van der Waals surface area contributed by atoms with Crippen molar-refractivity contribution in [2.75, 3.05) is 0 Å². The van der Waals surface area contributed by atoms with Gasteiger partial charge in [0.1, 0.15) is 0 Å². The van der Waals surface area contributed by atoms with Crippen LogP contribution in [-0.4, -0.2) is 18.3 Å². The number of rotatable bonds is 2. The minimum Gasteiger partial charge on any atom is -0.399 e. The molecule has 1 heterocycles. The van der Waals surface area contributed by atoms with E-state index >= 15 is 0 Å². The van der Waals surface area contributed by atoms with Crippen LogP contribution < -0.4 is 5.46 Å². The Bertz CT molecular complexity index is 542. The van der Waals surface area contributed by atoms with Crippen LogP contribution >= 0.6 is 0 Å². The summed E-state index contributed by atoms with van der Waals surface area (Å²) >= 11 is 0. The molecule has 0 saturated carbocycles. The molecule has 1 aliphatic rings. The van der Waals surface area contributed by atoms with Crippen molar-refractivity contribution in [2.45, 2.75) is 38.9 Å². The molecular formula is C15H18BNO2. The van der Waals surface area contributed by atoms with Crippen LogP contribution in [0.4, 0.5) is 0 Å². The van der Waals surface area contributed by atoms with Gasteiger partial charge in [0.15, 0.2) is 0 Å². The fraction of sp³-hybridized carbons (Fsp3) is 0.400. The summed E-state index contributed by atoms with van der Waals surface area (Å²) in [6.45, 7) is 11.7. The quantitative estimate of drug-likeness (QED) is 0.762. The Hall–Kier alpha value is -1.57. The molecule has 1 aromatic carbocycles. The fourth-order valence-electron chi connectivity index (χ4n) is 2.05. The highest BCUT2D eigenvalue weighted by molar-refractivity contribution is 6.63. The van der Waals surface area contributed by atoms with Gasteiger partial charge in [0.25, 0.3) is 0 Å². The van der Waals surface area contributed by atoms with Crippen molar-refractivity contribution in [1.29, 1.82) is 5.26 Å². The molecule has 0 aromatic heterocycles. The number of hydrogen-bond donors (Lipinski definition) is 0. The zero-order valence-electron chi connectivity index (χ0n) is 11.9. The van der Waals surface area contributed by atoms with Crippen molar-refractivity contribution >= 4 is 18.7 Å². The van der Waals surface area contributed by atoms with Gasteiger partial charge in [0.2, 0.25) is 0 Å². The van der Waals surface area contributed by atoms with Crippen LogP contribution in [0.25, 0.3) is 6.08 Å². The molecule has 19 heavy (non-hydrogen) atoms. The van der Waals surface area contributed by atoms with E-state index < -0.39 is 18.3 Å². The topological polar surface area (TPSA) is 42.2 Å². The number of nitrogens with zero attached hydrogens (tertiary/aromatic N) is 1. The Morgan fingerprint density at radius 2 is 1.79 bits per heavy atom. The Balaban J connectivity index is 2.46. The van der Waals surface area contributed by atoms with E-state index in [0.717, 1.165) is 11.0 Å².